The molecule has 1 aliphatic heterocycles. The van der Waals surface area contributed by atoms with E-state index in [1.165, 1.54) is 41.5 Å². The smallest absolute Gasteiger partial charge is 0.242 e. The zero-order chi connectivity index (χ0) is 23.2. The molecule has 1 fully saturated rings. The minimum Gasteiger partial charge on any atom is -0.343 e. The predicted octanol–water partition coefficient (Wildman–Crippen LogP) is -2.97. The summed E-state index contributed by atoms with van der Waals surface area (Å²) in [6.07, 6.45) is 0. The molecule has 30 heavy (non-hydrogen) atoms. The van der Waals surface area contributed by atoms with Gasteiger partial charge in [-0.05, 0) is 41.5 Å². The Balaban J connectivity index is 3.04. The molecule has 0 aromatic carbocycles. The van der Waals surface area contributed by atoms with Gasteiger partial charge in [0.15, 0.2) is 0 Å². The van der Waals surface area contributed by atoms with Crippen LogP contribution in [0.1, 0.15) is 41.5 Å². The van der Waals surface area contributed by atoms with Crippen LogP contribution in [-0.2, 0) is 28.8 Å². The van der Waals surface area contributed by atoms with Crippen molar-refractivity contribution >= 4 is 35.4 Å². The van der Waals surface area contributed by atoms with Crippen LogP contribution < -0.4 is 31.9 Å². The molecule has 168 valence electrons. The van der Waals surface area contributed by atoms with Crippen LogP contribution in [0.4, 0.5) is 0 Å². The standard InChI is InChI=1S/C18H30N6O6/c1-7-13(25)20-9(3)15(27)22-11(5)17(29)24-12(6)18(30)23-10(4)16(28)21-8(2)14(26)19-7/h7-12H,1-6H3,(H,19,26)(H,20,25)(H,21,28)(H,22,27)(H,23,30)(H,24,29). The van der Waals surface area contributed by atoms with Crippen molar-refractivity contribution in [3.63, 3.8) is 0 Å². The van der Waals surface area contributed by atoms with Crippen LogP contribution in [0, 0.1) is 0 Å². The van der Waals surface area contributed by atoms with Gasteiger partial charge in [-0.1, -0.05) is 0 Å². The Labute approximate surface area is 174 Å². The Hall–Kier alpha value is -3.18. The van der Waals surface area contributed by atoms with E-state index in [9.17, 15) is 28.8 Å². The molecule has 12 heteroatoms. The van der Waals surface area contributed by atoms with Crippen molar-refractivity contribution in [1.82, 2.24) is 31.9 Å². The van der Waals surface area contributed by atoms with E-state index in [1.807, 2.05) is 0 Å². The topological polar surface area (TPSA) is 175 Å². The zero-order valence-electron chi connectivity index (χ0n) is 17.9. The first-order valence-corrected chi connectivity index (χ1v) is 9.65. The number of rotatable bonds is 0. The predicted molar refractivity (Wildman–Crippen MR) is 106 cm³/mol. The van der Waals surface area contributed by atoms with Crippen LogP contribution in [0.2, 0.25) is 0 Å². The zero-order valence-corrected chi connectivity index (χ0v) is 17.9. The molecule has 6 amide bonds. The fourth-order valence-electron chi connectivity index (χ4n) is 2.42. The third-order valence-corrected chi connectivity index (χ3v) is 4.51. The van der Waals surface area contributed by atoms with Gasteiger partial charge < -0.3 is 31.9 Å². The van der Waals surface area contributed by atoms with Crippen LogP contribution in [0.3, 0.4) is 0 Å². The molecule has 6 atom stereocenters. The van der Waals surface area contributed by atoms with E-state index >= 15 is 0 Å². The number of nitrogens with one attached hydrogen (secondary N) is 6. The first-order chi connectivity index (χ1) is 13.8. The molecule has 0 saturated carbocycles. The third kappa shape index (κ3) is 7.01. The molecule has 0 spiro atoms. The summed E-state index contributed by atoms with van der Waals surface area (Å²) in [7, 11) is 0. The minimum atomic E-state index is -0.982. The maximum absolute atomic E-state index is 12.2. The highest BCUT2D eigenvalue weighted by molar-refractivity contribution is 5.97. The Morgan fingerprint density at radius 2 is 0.433 bits per heavy atom. The molecule has 0 bridgehead atoms. The summed E-state index contributed by atoms with van der Waals surface area (Å²) in [4.78, 5) is 73.4. The van der Waals surface area contributed by atoms with Crippen molar-refractivity contribution in [2.45, 2.75) is 77.8 Å². The SMILES string of the molecule is CC1NC(=O)C(C)NC(=O)C(C)NC(=O)C(C)NC(=O)C(C)NC(=O)C(C)NC1=O. The highest BCUT2D eigenvalue weighted by Gasteiger charge is 2.28. The summed E-state index contributed by atoms with van der Waals surface area (Å²) >= 11 is 0. The van der Waals surface area contributed by atoms with Gasteiger partial charge in [-0.2, -0.15) is 0 Å². The fraction of sp³-hybridized carbons (Fsp3) is 0.667. The van der Waals surface area contributed by atoms with Crippen LogP contribution in [0.25, 0.3) is 0 Å². The highest BCUT2D eigenvalue weighted by Crippen LogP contribution is 1.95. The maximum Gasteiger partial charge on any atom is 0.242 e. The minimum absolute atomic E-state index is 0.614. The van der Waals surface area contributed by atoms with E-state index in [0.717, 1.165) is 0 Å². The largest absolute Gasteiger partial charge is 0.343 e. The van der Waals surface area contributed by atoms with Gasteiger partial charge in [0, 0.05) is 0 Å². The Morgan fingerprint density at radius 3 is 0.533 bits per heavy atom. The highest BCUT2D eigenvalue weighted by atomic mass is 16.2. The lowest BCUT2D eigenvalue weighted by atomic mass is 10.2. The van der Waals surface area contributed by atoms with Gasteiger partial charge in [0.25, 0.3) is 0 Å². The Kier molecular flexibility index (Phi) is 8.75. The summed E-state index contributed by atoms with van der Waals surface area (Å²) in [5, 5.41) is 14.6. The summed E-state index contributed by atoms with van der Waals surface area (Å²) < 4.78 is 0. The van der Waals surface area contributed by atoms with Crippen molar-refractivity contribution in [3.8, 4) is 0 Å². The van der Waals surface area contributed by atoms with E-state index in [2.05, 4.69) is 31.9 Å². The number of carbonyl (C=O) groups is 6. The van der Waals surface area contributed by atoms with Gasteiger partial charge in [0.05, 0.1) is 0 Å². The van der Waals surface area contributed by atoms with E-state index in [4.69, 9.17) is 0 Å². The maximum atomic E-state index is 12.2. The van der Waals surface area contributed by atoms with Crippen LogP contribution in [0.15, 0.2) is 0 Å². The summed E-state index contributed by atoms with van der Waals surface area (Å²) in [5.41, 5.74) is 0. The number of carbonyl (C=O) groups excluding carboxylic acids is 6. The molecule has 1 saturated heterocycles. The van der Waals surface area contributed by atoms with E-state index in [0.29, 0.717) is 0 Å². The summed E-state index contributed by atoms with van der Waals surface area (Å²) in [5.74, 6) is -3.68. The normalized spacial score (nSPS) is 33.0. The monoisotopic (exact) mass is 426 g/mol. The molecular formula is C18H30N6O6. The molecule has 1 aliphatic rings. The molecule has 12 nitrogen and oxygen atoms in total. The summed E-state index contributed by atoms with van der Waals surface area (Å²) in [6.45, 7) is 8.53. The lowest BCUT2D eigenvalue weighted by Crippen LogP contribution is -2.59. The Bertz CT molecular complexity index is 571. The van der Waals surface area contributed by atoms with Crippen molar-refractivity contribution in [1.29, 1.82) is 0 Å². The molecular weight excluding hydrogens is 396 g/mol. The van der Waals surface area contributed by atoms with Crippen molar-refractivity contribution in [2.24, 2.45) is 0 Å². The van der Waals surface area contributed by atoms with Crippen LogP contribution >= 0.6 is 0 Å². The average Bonchev–Trinajstić information content (AvgIpc) is 2.66. The van der Waals surface area contributed by atoms with E-state index in [1.54, 1.807) is 0 Å². The van der Waals surface area contributed by atoms with Gasteiger partial charge in [0.1, 0.15) is 36.3 Å². The molecule has 0 aliphatic carbocycles. The lowest BCUT2D eigenvalue weighted by Gasteiger charge is -2.24. The second-order valence-electron chi connectivity index (χ2n) is 7.38. The van der Waals surface area contributed by atoms with E-state index in [-0.39, 0.29) is 0 Å². The average molecular weight is 426 g/mol. The molecule has 1 heterocycles. The van der Waals surface area contributed by atoms with Crippen molar-refractivity contribution in [3.05, 3.63) is 0 Å². The van der Waals surface area contributed by atoms with Gasteiger partial charge in [-0.3, -0.25) is 28.8 Å². The van der Waals surface area contributed by atoms with Crippen LogP contribution in [0.5, 0.6) is 0 Å². The second-order valence-corrected chi connectivity index (χ2v) is 7.38. The molecule has 0 radical (unpaired) electrons. The number of hydrogen-bond acceptors (Lipinski definition) is 6. The van der Waals surface area contributed by atoms with Gasteiger partial charge in [-0.15, -0.1) is 0 Å². The van der Waals surface area contributed by atoms with Crippen molar-refractivity contribution in [2.75, 3.05) is 0 Å². The molecule has 6 N–H and O–H groups in total. The Morgan fingerprint density at radius 1 is 0.333 bits per heavy atom. The van der Waals surface area contributed by atoms with Crippen LogP contribution in [-0.4, -0.2) is 71.7 Å². The molecule has 1 rings (SSSR count). The second kappa shape index (κ2) is 10.6. The van der Waals surface area contributed by atoms with E-state index < -0.39 is 71.7 Å². The quantitative estimate of drug-likeness (QED) is 0.241. The van der Waals surface area contributed by atoms with Gasteiger partial charge >= 0.3 is 0 Å². The molecule has 0 aromatic rings. The van der Waals surface area contributed by atoms with Crippen molar-refractivity contribution < 1.29 is 28.8 Å². The lowest BCUT2D eigenvalue weighted by molar-refractivity contribution is -0.135. The number of amides is 6. The first-order valence-electron chi connectivity index (χ1n) is 9.65. The van der Waals surface area contributed by atoms with Gasteiger partial charge in [0.2, 0.25) is 35.4 Å². The third-order valence-electron chi connectivity index (χ3n) is 4.51. The fourth-order valence-corrected chi connectivity index (χ4v) is 2.42. The van der Waals surface area contributed by atoms with Gasteiger partial charge in [-0.25, -0.2) is 0 Å². The first kappa shape index (κ1) is 24.9. The summed E-state index contributed by atoms with van der Waals surface area (Å²) in [6, 6.07) is -5.89. The number of hydrogen-bond donors (Lipinski definition) is 6. The molecule has 6 unspecified atom stereocenters. The molecule has 0 aromatic heterocycles.